The number of thioether (sulfide) groups is 1. The second kappa shape index (κ2) is 5.84. The topological polar surface area (TPSA) is 35.2 Å². The summed E-state index contributed by atoms with van der Waals surface area (Å²) in [6.45, 7) is 0.904. The lowest BCUT2D eigenvalue weighted by Gasteiger charge is -2.25. The van der Waals surface area contributed by atoms with Crippen molar-refractivity contribution in [3.63, 3.8) is 0 Å². The Kier molecular flexibility index (Phi) is 5.04. The van der Waals surface area contributed by atoms with Gasteiger partial charge in [0.25, 0.3) is 0 Å². The quantitative estimate of drug-likeness (QED) is 0.683. The Morgan fingerprint density at radius 1 is 1.33 bits per heavy atom. The Morgan fingerprint density at radius 3 is 2.58 bits per heavy atom. The van der Waals surface area contributed by atoms with Crippen LogP contribution >= 0.6 is 11.8 Å². The average molecular weight is 189 g/mol. The van der Waals surface area contributed by atoms with Crippen molar-refractivity contribution in [2.24, 2.45) is 5.73 Å². The van der Waals surface area contributed by atoms with Crippen molar-refractivity contribution in [1.29, 1.82) is 0 Å². The molecule has 0 aromatic heterocycles. The van der Waals surface area contributed by atoms with Crippen molar-refractivity contribution in [2.75, 3.05) is 18.6 Å². The predicted octanol–water partition coefficient (Wildman–Crippen LogP) is 1.64. The molecule has 0 aliphatic heterocycles. The molecule has 0 amide bonds. The number of rotatable bonds is 4. The summed E-state index contributed by atoms with van der Waals surface area (Å²) in [4.78, 5) is 0. The van der Waals surface area contributed by atoms with Gasteiger partial charge in [0, 0.05) is 11.8 Å². The van der Waals surface area contributed by atoms with Crippen LogP contribution in [0, 0.1) is 0 Å². The Balaban J connectivity index is 2.01. The first-order chi connectivity index (χ1) is 5.83. The highest BCUT2D eigenvalue weighted by Crippen LogP contribution is 2.19. The van der Waals surface area contributed by atoms with Gasteiger partial charge in [-0.05, 0) is 31.9 Å². The summed E-state index contributed by atoms with van der Waals surface area (Å²) in [6, 6.07) is 0.436. The van der Waals surface area contributed by atoms with E-state index in [1.165, 1.54) is 0 Å². The molecule has 72 valence electrons. The van der Waals surface area contributed by atoms with Crippen molar-refractivity contribution in [3.05, 3.63) is 0 Å². The summed E-state index contributed by atoms with van der Waals surface area (Å²) in [5.74, 6) is 1.11. The Hall–Kier alpha value is 0.270. The van der Waals surface area contributed by atoms with E-state index in [0.717, 1.165) is 38.0 Å². The van der Waals surface area contributed by atoms with E-state index in [9.17, 15) is 0 Å². The van der Waals surface area contributed by atoms with Crippen LogP contribution in [-0.2, 0) is 4.74 Å². The Bertz CT molecular complexity index is 113. The molecule has 1 fully saturated rings. The molecule has 1 aliphatic carbocycles. The zero-order chi connectivity index (χ0) is 8.81. The fourth-order valence-electron chi connectivity index (χ4n) is 1.55. The van der Waals surface area contributed by atoms with Crippen molar-refractivity contribution in [2.45, 2.75) is 37.8 Å². The third-order valence-corrected chi connectivity index (χ3v) is 2.93. The van der Waals surface area contributed by atoms with E-state index in [1.54, 1.807) is 0 Å². The zero-order valence-corrected chi connectivity index (χ0v) is 8.61. The van der Waals surface area contributed by atoms with Crippen LogP contribution in [0.15, 0.2) is 0 Å². The lowest BCUT2D eigenvalue weighted by Crippen LogP contribution is -2.30. The van der Waals surface area contributed by atoms with Crippen molar-refractivity contribution in [3.8, 4) is 0 Å². The largest absolute Gasteiger partial charge is 0.377 e. The van der Waals surface area contributed by atoms with E-state index in [4.69, 9.17) is 10.5 Å². The molecule has 2 nitrogen and oxygen atoms in total. The molecule has 0 bridgehead atoms. The molecular weight excluding hydrogens is 170 g/mol. The highest BCUT2D eigenvalue weighted by atomic mass is 32.2. The number of nitrogens with two attached hydrogens (primary N) is 1. The van der Waals surface area contributed by atoms with Gasteiger partial charge in [-0.1, -0.05) is 0 Å². The third kappa shape index (κ3) is 3.78. The van der Waals surface area contributed by atoms with E-state index < -0.39 is 0 Å². The second-order valence-corrected chi connectivity index (χ2v) is 4.39. The van der Waals surface area contributed by atoms with Crippen LogP contribution in [0.25, 0.3) is 0 Å². The molecule has 0 unspecified atom stereocenters. The lowest BCUT2D eigenvalue weighted by atomic mass is 9.94. The fourth-order valence-corrected chi connectivity index (χ4v) is 1.82. The van der Waals surface area contributed by atoms with Crippen LogP contribution in [0.2, 0.25) is 0 Å². The molecule has 0 aromatic carbocycles. The molecule has 0 spiro atoms. The van der Waals surface area contributed by atoms with Crippen molar-refractivity contribution in [1.82, 2.24) is 0 Å². The minimum absolute atomic E-state index is 0.436. The molecule has 12 heavy (non-hydrogen) atoms. The fraction of sp³-hybridized carbons (Fsp3) is 1.00. The van der Waals surface area contributed by atoms with E-state index >= 15 is 0 Å². The minimum atomic E-state index is 0.436. The first-order valence-corrected chi connectivity index (χ1v) is 6.08. The van der Waals surface area contributed by atoms with E-state index in [2.05, 4.69) is 6.26 Å². The summed E-state index contributed by atoms with van der Waals surface area (Å²) in [6.07, 6.45) is 7.22. The van der Waals surface area contributed by atoms with Gasteiger partial charge in [-0.25, -0.2) is 0 Å². The summed E-state index contributed by atoms with van der Waals surface area (Å²) in [7, 11) is 0. The molecule has 1 rings (SSSR count). The number of hydrogen-bond acceptors (Lipinski definition) is 3. The molecule has 3 heteroatoms. The maximum atomic E-state index is 5.79. The van der Waals surface area contributed by atoms with E-state index in [1.807, 2.05) is 11.8 Å². The van der Waals surface area contributed by atoms with Crippen LogP contribution in [0.3, 0.4) is 0 Å². The van der Waals surface area contributed by atoms with Gasteiger partial charge in [0.1, 0.15) is 0 Å². The van der Waals surface area contributed by atoms with Crippen molar-refractivity contribution < 1.29 is 4.74 Å². The zero-order valence-electron chi connectivity index (χ0n) is 7.79. The summed E-state index contributed by atoms with van der Waals surface area (Å²) < 4.78 is 5.70. The highest BCUT2D eigenvalue weighted by molar-refractivity contribution is 7.98. The van der Waals surface area contributed by atoms with Crippen LogP contribution in [-0.4, -0.2) is 30.8 Å². The van der Waals surface area contributed by atoms with Gasteiger partial charge in [-0.2, -0.15) is 11.8 Å². The maximum Gasteiger partial charge on any atom is 0.0576 e. The molecule has 1 aliphatic rings. The summed E-state index contributed by atoms with van der Waals surface area (Å²) in [5.41, 5.74) is 5.79. The van der Waals surface area contributed by atoms with Gasteiger partial charge in [0.15, 0.2) is 0 Å². The number of ether oxygens (including phenoxy) is 1. The number of hydrogen-bond donors (Lipinski definition) is 1. The third-order valence-electron chi connectivity index (χ3n) is 2.36. The molecule has 0 saturated heterocycles. The molecule has 0 heterocycles. The van der Waals surface area contributed by atoms with E-state index in [0.29, 0.717) is 12.1 Å². The maximum absolute atomic E-state index is 5.79. The van der Waals surface area contributed by atoms with Crippen LogP contribution in [0.1, 0.15) is 25.7 Å². The predicted molar refractivity (Wildman–Crippen MR) is 54.6 cm³/mol. The van der Waals surface area contributed by atoms with E-state index in [-0.39, 0.29) is 0 Å². The average Bonchev–Trinajstić information content (AvgIpc) is 2.09. The second-order valence-electron chi connectivity index (χ2n) is 3.40. The van der Waals surface area contributed by atoms with Gasteiger partial charge in [0.05, 0.1) is 12.7 Å². The van der Waals surface area contributed by atoms with Gasteiger partial charge >= 0.3 is 0 Å². The van der Waals surface area contributed by atoms with Gasteiger partial charge in [-0.3, -0.25) is 0 Å². The van der Waals surface area contributed by atoms with Crippen LogP contribution < -0.4 is 5.73 Å². The molecule has 1 saturated carbocycles. The molecule has 0 radical (unpaired) electrons. The summed E-state index contributed by atoms with van der Waals surface area (Å²) >= 11 is 1.84. The molecular formula is C9H19NOS. The normalized spacial score (nSPS) is 30.5. The SMILES string of the molecule is CSCCOC1CCC(N)CC1. The minimum Gasteiger partial charge on any atom is -0.377 e. The van der Waals surface area contributed by atoms with Crippen LogP contribution in [0.5, 0.6) is 0 Å². The Morgan fingerprint density at radius 2 is 2.00 bits per heavy atom. The van der Waals surface area contributed by atoms with Gasteiger partial charge in [-0.15, -0.1) is 0 Å². The lowest BCUT2D eigenvalue weighted by molar-refractivity contribution is 0.0349. The summed E-state index contributed by atoms with van der Waals surface area (Å²) in [5, 5.41) is 0. The van der Waals surface area contributed by atoms with Gasteiger partial charge < -0.3 is 10.5 Å². The molecule has 2 N–H and O–H groups in total. The Labute approximate surface area is 79.2 Å². The first-order valence-electron chi connectivity index (χ1n) is 4.69. The van der Waals surface area contributed by atoms with Crippen LogP contribution in [0.4, 0.5) is 0 Å². The standard InChI is InChI=1S/C9H19NOS/c1-12-7-6-11-9-4-2-8(10)3-5-9/h8-9H,2-7,10H2,1H3. The monoisotopic (exact) mass is 189 g/mol. The molecule has 0 aromatic rings. The molecule has 0 atom stereocenters. The smallest absolute Gasteiger partial charge is 0.0576 e. The highest BCUT2D eigenvalue weighted by Gasteiger charge is 2.18. The first kappa shape index (κ1) is 10.4. The van der Waals surface area contributed by atoms with Gasteiger partial charge in [0.2, 0.25) is 0 Å². The van der Waals surface area contributed by atoms with Crippen molar-refractivity contribution >= 4 is 11.8 Å².